The topological polar surface area (TPSA) is 12.0 Å². The van der Waals surface area contributed by atoms with Crippen LogP contribution in [-0.2, 0) is 0 Å². The molecule has 1 N–H and O–H groups in total. The van der Waals surface area contributed by atoms with E-state index in [9.17, 15) is 0 Å². The first-order valence-corrected chi connectivity index (χ1v) is 5.79. The summed E-state index contributed by atoms with van der Waals surface area (Å²) >= 11 is 0. The van der Waals surface area contributed by atoms with E-state index in [2.05, 4.69) is 52.9 Å². The lowest BCUT2D eigenvalue weighted by Crippen LogP contribution is -2.29. The van der Waals surface area contributed by atoms with E-state index in [1.54, 1.807) is 0 Å². The molecule has 0 aromatic rings. The van der Waals surface area contributed by atoms with Crippen LogP contribution in [0.5, 0.6) is 0 Å². The number of hydrogen-bond donors (Lipinski definition) is 1. The van der Waals surface area contributed by atoms with E-state index >= 15 is 0 Å². The maximum atomic E-state index is 3.50. The van der Waals surface area contributed by atoms with Crippen LogP contribution in [-0.4, -0.2) is 13.1 Å². The fourth-order valence-electron chi connectivity index (χ4n) is 1.77. The minimum absolute atomic E-state index is 0.772. The van der Waals surface area contributed by atoms with Crippen molar-refractivity contribution in [2.45, 2.75) is 41.5 Å². The van der Waals surface area contributed by atoms with Crippen LogP contribution in [0.2, 0.25) is 0 Å². The van der Waals surface area contributed by atoms with E-state index in [-0.39, 0.29) is 0 Å². The monoisotopic (exact) mass is 197 g/mol. The molecule has 0 radical (unpaired) electrons. The molecule has 0 atom stereocenters. The lowest BCUT2D eigenvalue weighted by Gasteiger charge is -2.24. The summed E-state index contributed by atoms with van der Waals surface area (Å²) < 4.78 is 0. The number of allylic oxidation sites excluding steroid dienone is 1. The molecule has 0 bridgehead atoms. The SMILES string of the molecule is CC(C)=CCNCC(C(C)C)C(C)C. The van der Waals surface area contributed by atoms with E-state index in [4.69, 9.17) is 0 Å². The van der Waals surface area contributed by atoms with Crippen LogP contribution in [0.1, 0.15) is 41.5 Å². The van der Waals surface area contributed by atoms with Crippen molar-refractivity contribution >= 4 is 0 Å². The van der Waals surface area contributed by atoms with Gasteiger partial charge in [0.2, 0.25) is 0 Å². The summed E-state index contributed by atoms with van der Waals surface area (Å²) in [5, 5.41) is 3.50. The predicted molar refractivity (Wildman–Crippen MR) is 65.5 cm³/mol. The Labute approximate surface area is 90.0 Å². The quantitative estimate of drug-likeness (QED) is 0.508. The van der Waals surface area contributed by atoms with E-state index in [0.717, 1.165) is 30.8 Å². The second-order valence-electron chi connectivity index (χ2n) is 5.09. The fourth-order valence-corrected chi connectivity index (χ4v) is 1.77. The van der Waals surface area contributed by atoms with Crippen LogP contribution in [0.25, 0.3) is 0 Å². The van der Waals surface area contributed by atoms with Crippen molar-refractivity contribution in [3.63, 3.8) is 0 Å². The van der Waals surface area contributed by atoms with Gasteiger partial charge in [-0.3, -0.25) is 0 Å². The Kier molecular flexibility index (Phi) is 6.90. The first-order valence-electron chi connectivity index (χ1n) is 5.79. The van der Waals surface area contributed by atoms with Crippen LogP contribution in [0.3, 0.4) is 0 Å². The zero-order valence-electron chi connectivity index (χ0n) is 10.7. The zero-order chi connectivity index (χ0) is 11.1. The summed E-state index contributed by atoms with van der Waals surface area (Å²) in [6.45, 7) is 15.7. The molecule has 1 heteroatoms. The van der Waals surface area contributed by atoms with Crippen LogP contribution in [0, 0.1) is 17.8 Å². The highest BCUT2D eigenvalue weighted by atomic mass is 14.9. The van der Waals surface area contributed by atoms with Crippen molar-refractivity contribution in [3.05, 3.63) is 11.6 Å². The maximum absolute atomic E-state index is 3.50. The Bertz CT molecular complexity index is 156. The van der Waals surface area contributed by atoms with Crippen molar-refractivity contribution in [3.8, 4) is 0 Å². The molecule has 14 heavy (non-hydrogen) atoms. The van der Waals surface area contributed by atoms with Gasteiger partial charge in [-0.2, -0.15) is 0 Å². The van der Waals surface area contributed by atoms with Crippen molar-refractivity contribution in [1.82, 2.24) is 5.32 Å². The molecule has 0 aliphatic carbocycles. The van der Waals surface area contributed by atoms with Crippen LogP contribution in [0.15, 0.2) is 11.6 Å². The largest absolute Gasteiger partial charge is 0.313 e. The average Bonchev–Trinajstić information content (AvgIpc) is 2.01. The van der Waals surface area contributed by atoms with Crippen LogP contribution >= 0.6 is 0 Å². The summed E-state index contributed by atoms with van der Waals surface area (Å²) in [5.41, 5.74) is 1.39. The van der Waals surface area contributed by atoms with Gasteiger partial charge in [0.15, 0.2) is 0 Å². The van der Waals surface area contributed by atoms with Gasteiger partial charge < -0.3 is 5.32 Å². The van der Waals surface area contributed by atoms with Crippen molar-refractivity contribution in [2.24, 2.45) is 17.8 Å². The van der Waals surface area contributed by atoms with Gasteiger partial charge in [0, 0.05) is 6.54 Å². The van der Waals surface area contributed by atoms with Crippen LogP contribution in [0.4, 0.5) is 0 Å². The van der Waals surface area contributed by atoms with Gasteiger partial charge in [-0.25, -0.2) is 0 Å². The minimum atomic E-state index is 0.772. The Balaban J connectivity index is 3.78. The predicted octanol–water partition coefficient (Wildman–Crippen LogP) is 3.47. The molecule has 84 valence electrons. The highest BCUT2D eigenvalue weighted by molar-refractivity contribution is 4.94. The summed E-state index contributed by atoms with van der Waals surface area (Å²) in [4.78, 5) is 0. The number of hydrogen-bond acceptors (Lipinski definition) is 1. The summed E-state index contributed by atoms with van der Waals surface area (Å²) in [5.74, 6) is 2.34. The standard InChI is InChI=1S/C13H27N/c1-10(2)7-8-14-9-13(11(3)4)12(5)6/h7,11-14H,8-9H2,1-6H3. The van der Waals surface area contributed by atoms with Crippen molar-refractivity contribution in [1.29, 1.82) is 0 Å². The molecule has 0 heterocycles. The lowest BCUT2D eigenvalue weighted by molar-refractivity contribution is 0.279. The van der Waals surface area contributed by atoms with E-state index in [1.807, 2.05) is 0 Å². The fraction of sp³-hybridized carbons (Fsp3) is 0.846. The Morgan fingerprint density at radius 1 is 1.07 bits per heavy atom. The molecule has 0 fully saturated rings. The molecule has 0 amide bonds. The zero-order valence-corrected chi connectivity index (χ0v) is 10.7. The Hall–Kier alpha value is -0.300. The molecule has 0 aliphatic heterocycles. The van der Waals surface area contributed by atoms with Gasteiger partial charge >= 0.3 is 0 Å². The smallest absolute Gasteiger partial charge is 0.0137 e. The second-order valence-corrected chi connectivity index (χ2v) is 5.09. The normalized spacial score (nSPS) is 11.5. The molecule has 0 spiro atoms. The van der Waals surface area contributed by atoms with E-state index < -0.39 is 0 Å². The number of nitrogens with one attached hydrogen (secondary N) is 1. The van der Waals surface area contributed by atoms with E-state index in [0.29, 0.717) is 0 Å². The van der Waals surface area contributed by atoms with Gasteiger partial charge in [-0.15, -0.1) is 0 Å². The highest BCUT2D eigenvalue weighted by Gasteiger charge is 2.16. The van der Waals surface area contributed by atoms with Gasteiger partial charge in [0.1, 0.15) is 0 Å². The third kappa shape index (κ3) is 6.20. The molecule has 0 rings (SSSR count). The molecule has 0 saturated heterocycles. The van der Waals surface area contributed by atoms with Gasteiger partial charge in [0.25, 0.3) is 0 Å². The molecular weight excluding hydrogens is 170 g/mol. The summed E-state index contributed by atoms with van der Waals surface area (Å²) in [7, 11) is 0. The first kappa shape index (κ1) is 13.7. The molecule has 0 saturated carbocycles. The van der Waals surface area contributed by atoms with Gasteiger partial charge in [-0.1, -0.05) is 39.3 Å². The summed E-state index contributed by atoms with van der Waals surface area (Å²) in [6.07, 6.45) is 2.25. The molecular formula is C13H27N. The number of rotatable bonds is 6. The van der Waals surface area contributed by atoms with Crippen molar-refractivity contribution in [2.75, 3.05) is 13.1 Å². The van der Waals surface area contributed by atoms with Crippen molar-refractivity contribution < 1.29 is 0 Å². The highest BCUT2D eigenvalue weighted by Crippen LogP contribution is 2.19. The van der Waals surface area contributed by atoms with Gasteiger partial charge in [0.05, 0.1) is 0 Å². The third-order valence-corrected chi connectivity index (χ3v) is 2.75. The summed E-state index contributed by atoms with van der Waals surface area (Å²) in [6, 6.07) is 0. The Morgan fingerprint density at radius 2 is 1.57 bits per heavy atom. The van der Waals surface area contributed by atoms with Gasteiger partial charge in [-0.05, 0) is 38.1 Å². The van der Waals surface area contributed by atoms with Crippen LogP contribution < -0.4 is 5.32 Å². The molecule has 0 aromatic heterocycles. The molecule has 1 nitrogen and oxygen atoms in total. The Morgan fingerprint density at radius 3 is 1.93 bits per heavy atom. The van der Waals surface area contributed by atoms with E-state index in [1.165, 1.54) is 5.57 Å². The maximum Gasteiger partial charge on any atom is 0.0137 e. The second kappa shape index (κ2) is 7.05. The first-order chi connectivity index (χ1) is 6.45. The third-order valence-electron chi connectivity index (χ3n) is 2.75. The minimum Gasteiger partial charge on any atom is -0.313 e. The lowest BCUT2D eigenvalue weighted by atomic mass is 9.85. The molecule has 0 unspecified atom stereocenters. The molecule has 0 aliphatic rings. The average molecular weight is 197 g/mol. The molecule has 0 aromatic carbocycles.